The number of pyridine rings is 1. The third kappa shape index (κ3) is 3.74. The highest BCUT2D eigenvalue weighted by molar-refractivity contribution is 6.27. The lowest BCUT2D eigenvalue weighted by Gasteiger charge is -2.38. The minimum atomic E-state index is 0.610. The zero-order valence-electron chi connectivity index (χ0n) is 31.7. The quantitative estimate of drug-likeness (QED) is 0.178. The molecule has 17 rings (SSSR count). The Bertz CT molecular complexity index is 3140. The Morgan fingerprint density at radius 3 is 1.84 bits per heavy atom. The Balaban J connectivity index is 1.14. The van der Waals surface area contributed by atoms with Crippen molar-refractivity contribution in [2.75, 3.05) is 0 Å². The van der Waals surface area contributed by atoms with E-state index in [1.165, 1.54) is 136 Å². The summed E-state index contributed by atoms with van der Waals surface area (Å²) in [4.78, 5) is 5.57. The molecule has 4 atom stereocenters. The van der Waals surface area contributed by atoms with E-state index in [2.05, 4.69) is 102 Å². The first kappa shape index (κ1) is 30.0. The average Bonchev–Trinajstić information content (AvgIpc) is 3.79. The number of para-hydroxylation sites is 1. The molecule has 3 nitrogen and oxygen atoms in total. The Morgan fingerprint density at radius 2 is 1.09 bits per heavy atom. The van der Waals surface area contributed by atoms with Crippen molar-refractivity contribution in [1.82, 2.24) is 9.38 Å². The van der Waals surface area contributed by atoms with Crippen LogP contribution in [-0.2, 0) is 0 Å². The number of furan rings is 1. The summed E-state index contributed by atoms with van der Waals surface area (Å²) in [6.07, 6.45) is 16.0. The van der Waals surface area contributed by atoms with Gasteiger partial charge in [-0.3, -0.25) is 4.98 Å². The van der Waals surface area contributed by atoms with E-state index in [0.29, 0.717) is 23.7 Å². The fourth-order valence-corrected chi connectivity index (χ4v) is 15.0. The molecule has 5 aromatic carbocycles. The van der Waals surface area contributed by atoms with Crippen molar-refractivity contribution in [3.63, 3.8) is 0 Å². The summed E-state index contributed by atoms with van der Waals surface area (Å²) in [5, 5.41) is 8.40. The predicted octanol–water partition coefficient (Wildman–Crippen LogP) is 14.2. The van der Waals surface area contributed by atoms with E-state index in [0.717, 1.165) is 34.8 Å². The van der Waals surface area contributed by atoms with Gasteiger partial charge in [0.15, 0.2) is 0 Å². The number of aromatic nitrogens is 2. The van der Waals surface area contributed by atoms with Crippen molar-refractivity contribution in [3.05, 3.63) is 120 Å². The molecule has 4 saturated carbocycles. The number of benzene rings is 5. The van der Waals surface area contributed by atoms with Crippen molar-refractivity contribution < 1.29 is 4.42 Å². The van der Waals surface area contributed by atoms with Crippen LogP contribution >= 0.6 is 0 Å². The molecule has 0 radical (unpaired) electrons. The normalized spacial score (nSPS) is 28.7. The molecule has 0 saturated heterocycles. The van der Waals surface area contributed by atoms with Crippen molar-refractivity contribution in [1.29, 1.82) is 0 Å². The van der Waals surface area contributed by atoms with Crippen LogP contribution in [0, 0.1) is 23.7 Å². The van der Waals surface area contributed by atoms with E-state index in [1.807, 2.05) is 0 Å². The lowest BCUT2D eigenvalue weighted by atomic mass is 9.67. The van der Waals surface area contributed by atoms with Gasteiger partial charge in [0.2, 0.25) is 0 Å². The first-order chi connectivity index (χ1) is 27.7. The summed E-state index contributed by atoms with van der Waals surface area (Å²) in [6, 6.07) is 34.7. The smallest absolute Gasteiger partial charge is 0.136 e. The zero-order chi connectivity index (χ0) is 36.0. The van der Waals surface area contributed by atoms with E-state index in [-0.39, 0.29) is 0 Å². The third-order valence-electron chi connectivity index (χ3n) is 16.6. The number of fused-ring (bicyclic) bond motifs is 9. The fraction of sp³-hybridized carbons (Fsp3) is 0.340. The summed E-state index contributed by atoms with van der Waals surface area (Å²) in [7, 11) is 0. The predicted molar refractivity (Wildman–Crippen MR) is 228 cm³/mol. The van der Waals surface area contributed by atoms with Gasteiger partial charge in [-0.2, -0.15) is 0 Å². The number of hydrogen-bond donors (Lipinski definition) is 0. The second kappa shape index (κ2) is 10.4. The number of nitrogens with zero attached hydrogens (tertiary/aromatic N) is 2. The van der Waals surface area contributed by atoms with Gasteiger partial charge in [0.1, 0.15) is 11.2 Å². The van der Waals surface area contributed by atoms with Crippen LogP contribution in [-0.4, -0.2) is 9.38 Å². The van der Waals surface area contributed by atoms with Crippen LogP contribution in [0.25, 0.3) is 82.3 Å². The molecule has 272 valence electrons. The van der Waals surface area contributed by atoms with Crippen molar-refractivity contribution in [2.45, 2.75) is 87.9 Å². The highest BCUT2D eigenvalue weighted by atomic mass is 16.3. The Morgan fingerprint density at radius 1 is 0.464 bits per heavy atom. The minimum Gasteiger partial charge on any atom is -0.456 e. The maximum absolute atomic E-state index is 6.52. The van der Waals surface area contributed by atoms with Gasteiger partial charge in [-0.25, -0.2) is 0 Å². The van der Waals surface area contributed by atoms with Crippen LogP contribution < -0.4 is 0 Å². The van der Waals surface area contributed by atoms with Gasteiger partial charge >= 0.3 is 0 Å². The first-order valence-electron chi connectivity index (χ1n) is 21.9. The molecule has 9 aromatic rings. The minimum absolute atomic E-state index is 0.610. The van der Waals surface area contributed by atoms with E-state index in [9.17, 15) is 0 Å². The van der Waals surface area contributed by atoms with Crippen LogP contribution in [0.4, 0.5) is 0 Å². The van der Waals surface area contributed by atoms with Gasteiger partial charge in [0.25, 0.3) is 0 Å². The third-order valence-corrected chi connectivity index (χ3v) is 16.6. The standard InChI is InChI=1S/C53H44N2O/c1-2-7-31(8-3-1)39-25-42-50(47-34-17-27-13-28(18-34)16-33(15-27)46(39)47)40-23-32(37-10-6-12-45-49(37)38-9-4-5-11-44(38)56-45)24-41-51-43(55(42)53(40)41)26-54-52-36-21-29-14-30(22-36)20-35(19-29)48(51)52/h1-12,23-30,33-36H,13-22H2. The van der Waals surface area contributed by atoms with Gasteiger partial charge in [0.05, 0.1) is 22.7 Å². The maximum Gasteiger partial charge on any atom is 0.136 e. The molecule has 4 heterocycles. The second-order valence-electron chi connectivity index (χ2n) is 19.5. The number of hydrogen-bond acceptors (Lipinski definition) is 2. The van der Waals surface area contributed by atoms with Gasteiger partial charge < -0.3 is 8.82 Å². The van der Waals surface area contributed by atoms with Crippen molar-refractivity contribution >= 4 is 60.0 Å². The average molecular weight is 725 g/mol. The number of rotatable bonds is 2. The summed E-state index contributed by atoms with van der Waals surface area (Å²) in [5.41, 5.74) is 18.1. The van der Waals surface area contributed by atoms with Crippen molar-refractivity contribution in [2.24, 2.45) is 23.7 Å². The van der Waals surface area contributed by atoms with E-state index < -0.39 is 0 Å². The summed E-state index contributed by atoms with van der Waals surface area (Å²) in [5.74, 6) is 5.91. The largest absolute Gasteiger partial charge is 0.456 e. The van der Waals surface area contributed by atoms with E-state index >= 15 is 0 Å². The lowest BCUT2D eigenvalue weighted by molar-refractivity contribution is 0.165. The Kier molecular flexibility index (Phi) is 5.59. The SMILES string of the molecule is c1ccc(-c2cc3c(c4c2C2CC5CC(C2)CC4C5)c2cc(-c4cccc5oc6ccccc6c45)cc4c5c6c(ncc5n3c42)C2CC3CC(C2)CC6C3)cc1. The Labute approximate surface area is 326 Å². The first-order valence-corrected chi connectivity index (χ1v) is 21.9. The molecule has 4 aromatic heterocycles. The van der Waals surface area contributed by atoms with Crippen molar-refractivity contribution in [3.8, 4) is 22.3 Å². The van der Waals surface area contributed by atoms with Crippen LogP contribution in [0.3, 0.4) is 0 Å². The van der Waals surface area contributed by atoms with Gasteiger partial charge in [-0.05, 0) is 175 Å². The van der Waals surface area contributed by atoms with Gasteiger partial charge in [0, 0.05) is 43.9 Å². The molecule has 0 N–H and O–H groups in total. The van der Waals surface area contributed by atoms with Crippen LogP contribution in [0.5, 0.6) is 0 Å². The van der Waals surface area contributed by atoms with Gasteiger partial charge in [-0.15, -0.1) is 0 Å². The second-order valence-corrected chi connectivity index (χ2v) is 19.5. The molecular weight excluding hydrogens is 681 g/mol. The molecule has 4 unspecified atom stereocenters. The Hall–Kier alpha value is -5.15. The zero-order valence-corrected chi connectivity index (χ0v) is 31.7. The van der Waals surface area contributed by atoms with Crippen LogP contribution in [0.2, 0.25) is 0 Å². The topological polar surface area (TPSA) is 30.4 Å². The van der Waals surface area contributed by atoms with E-state index in [4.69, 9.17) is 9.40 Å². The lowest BCUT2D eigenvalue weighted by Crippen LogP contribution is -2.25. The molecule has 0 spiro atoms. The molecule has 4 fully saturated rings. The molecule has 8 aliphatic carbocycles. The fourth-order valence-electron chi connectivity index (χ4n) is 15.0. The monoisotopic (exact) mass is 724 g/mol. The highest BCUT2D eigenvalue weighted by Crippen LogP contribution is 2.62. The molecule has 0 aliphatic heterocycles. The van der Waals surface area contributed by atoms with Crippen LogP contribution in [0.15, 0.2) is 102 Å². The van der Waals surface area contributed by atoms with Gasteiger partial charge in [-0.1, -0.05) is 60.7 Å². The molecule has 0 amide bonds. The summed E-state index contributed by atoms with van der Waals surface area (Å²) >= 11 is 0. The molecular formula is C53H44N2O. The molecule has 56 heavy (non-hydrogen) atoms. The van der Waals surface area contributed by atoms with Crippen LogP contribution in [0.1, 0.15) is 110 Å². The molecule has 8 bridgehead atoms. The highest BCUT2D eigenvalue weighted by Gasteiger charge is 2.46. The maximum atomic E-state index is 6.52. The van der Waals surface area contributed by atoms with E-state index in [1.54, 1.807) is 22.1 Å². The summed E-state index contributed by atoms with van der Waals surface area (Å²) in [6.45, 7) is 0. The molecule has 8 aliphatic rings. The molecule has 3 heteroatoms. The summed E-state index contributed by atoms with van der Waals surface area (Å²) < 4.78 is 9.24.